The number of carbonyl (C=O) groups excluding carboxylic acids is 1. The summed E-state index contributed by atoms with van der Waals surface area (Å²) in [6.07, 6.45) is 0.0510. The van der Waals surface area contributed by atoms with Crippen molar-refractivity contribution in [3.8, 4) is 5.75 Å². The number of likely N-dealkylation sites (tertiary alicyclic amines) is 1. The van der Waals surface area contributed by atoms with Crippen LogP contribution in [0.3, 0.4) is 0 Å². The number of carbonyl (C=O) groups is 2. The van der Waals surface area contributed by atoms with Crippen LogP contribution in [0.15, 0.2) is 24.3 Å². The maximum atomic E-state index is 12.1. The van der Waals surface area contributed by atoms with E-state index >= 15 is 0 Å². The van der Waals surface area contributed by atoms with Gasteiger partial charge in [-0.1, -0.05) is 12.1 Å². The van der Waals surface area contributed by atoms with Gasteiger partial charge in [0.2, 0.25) is 5.91 Å². The lowest BCUT2D eigenvalue weighted by Gasteiger charge is -2.30. The van der Waals surface area contributed by atoms with Crippen LogP contribution < -0.4 is 4.74 Å². The molecule has 0 aliphatic carbocycles. The molecule has 1 aliphatic heterocycles. The Kier molecular flexibility index (Phi) is 3.97. The molecule has 2 atom stereocenters. The van der Waals surface area contributed by atoms with Crippen LogP contribution in [0.4, 0.5) is 0 Å². The van der Waals surface area contributed by atoms with Gasteiger partial charge in [-0.3, -0.25) is 9.59 Å². The van der Waals surface area contributed by atoms with Gasteiger partial charge in [-0.2, -0.15) is 0 Å². The maximum Gasteiger partial charge on any atom is 0.309 e. The summed E-state index contributed by atoms with van der Waals surface area (Å²) < 4.78 is 5.18. The van der Waals surface area contributed by atoms with Gasteiger partial charge < -0.3 is 14.7 Å². The van der Waals surface area contributed by atoms with Gasteiger partial charge in [0, 0.05) is 12.5 Å². The summed E-state index contributed by atoms with van der Waals surface area (Å²) in [5.41, 5.74) is 0.802. The third-order valence-electron chi connectivity index (χ3n) is 3.67. The van der Waals surface area contributed by atoms with Crippen molar-refractivity contribution in [2.24, 2.45) is 5.92 Å². The summed E-state index contributed by atoms with van der Waals surface area (Å²) in [5.74, 6) is -1.10. The Morgan fingerprint density at radius 3 is 2.70 bits per heavy atom. The predicted octanol–water partition coefficient (Wildman–Crippen LogP) is 2.08. The van der Waals surface area contributed by atoms with Gasteiger partial charge in [-0.15, -0.1) is 0 Å². The highest BCUT2D eigenvalue weighted by molar-refractivity contribution is 5.87. The van der Waals surface area contributed by atoms with Crippen molar-refractivity contribution in [1.82, 2.24) is 4.90 Å². The summed E-state index contributed by atoms with van der Waals surface area (Å²) in [7, 11) is 1.56. The number of aliphatic carboxylic acids is 1. The third-order valence-corrected chi connectivity index (χ3v) is 3.67. The Balaban J connectivity index is 2.46. The molecule has 1 aliphatic rings. The molecule has 5 nitrogen and oxygen atoms in total. The highest BCUT2D eigenvalue weighted by Gasteiger charge is 2.45. The number of methoxy groups -OCH3 is 1. The molecule has 0 spiro atoms. The molecule has 0 aromatic heterocycles. The lowest BCUT2D eigenvalue weighted by atomic mass is 9.93. The molecule has 20 heavy (non-hydrogen) atoms. The van der Waals surface area contributed by atoms with Crippen LogP contribution >= 0.6 is 0 Å². The zero-order valence-electron chi connectivity index (χ0n) is 11.9. The van der Waals surface area contributed by atoms with Gasteiger partial charge in [-0.25, -0.2) is 0 Å². The van der Waals surface area contributed by atoms with Crippen molar-refractivity contribution >= 4 is 11.9 Å². The number of benzene rings is 1. The molecule has 1 amide bonds. The predicted molar refractivity (Wildman–Crippen MR) is 73.5 cm³/mol. The molecule has 0 bridgehead atoms. The van der Waals surface area contributed by atoms with E-state index in [0.29, 0.717) is 5.75 Å². The fourth-order valence-electron chi connectivity index (χ4n) is 2.80. The van der Waals surface area contributed by atoms with E-state index in [0.717, 1.165) is 5.56 Å². The van der Waals surface area contributed by atoms with E-state index < -0.39 is 17.9 Å². The second kappa shape index (κ2) is 5.53. The van der Waals surface area contributed by atoms with E-state index in [1.54, 1.807) is 24.1 Å². The first-order valence-electron chi connectivity index (χ1n) is 6.63. The zero-order chi connectivity index (χ0) is 14.9. The molecule has 5 heteroatoms. The minimum atomic E-state index is -0.936. The average molecular weight is 277 g/mol. The van der Waals surface area contributed by atoms with Gasteiger partial charge in [0.15, 0.2) is 0 Å². The van der Waals surface area contributed by atoms with Crippen LogP contribution in [0.25, 0.3) is 0 Å². The molecule has 1 aromatic carbocycles. The number of hydrogen-bond donors (Lipinski definition) is 1. The van der Waals surface area contributed by atoms with Gasteiger partial charge in [0.1, 0.15) is 5.75 Å². The molecule has 108 valence electrons. The minimum absolute atomic E-state index is 0.0388. The fraction of sp³-hybridized carbons (Fsp3) is 0.467. The fourth-order valence-corrected chi connectivity index (χ4v) is 2.80. The maximum absolute atomic E-state index is 12.1. The summed E-state index contributed by atoms with van der Waals surface area (Å²) in [5, 5.41) is 9.38. The molecule has 0 radical (unpaired) electrons. The first-order chi connectivity index (χ1) is 9.45. The van der Waals surface area contributed by atoms with E-state index in [1.165, 1.54) is 0 Å². The molecule has 1 fully saturated rings. The first-order valence-corrected chi connectivity index (χ1v) is 6.63. The number of hydrogen-bond acceptors (Lipinski definition) is 3. The highest BCUT2D eigenvalue weighted by atomic mass is 16.5. The molecule has 1 heterocycles. The molecule has 1 aromatic rings. The topological polar surface area (TPSA) is 66.8 Å². The van der Waals surface area contributed by atoms with Gasteiger partial charge in [0.25, 0.3) is 0 Å². The van der Waals surface area contributed by atoms with Crippen LogP contribution in [-0.2, 0) is 9.59 Å². The van der Waals surface area contributed by atoms with Crippen molar-refractivity contribution in [3.63, 3.8) is 0 Å². The van der Waals surface area contributed by atoms with Crippen molar-refractivity contribution < 1.29 is 19.4 Å². The Labute approximate surface area is 118 Å². The quantitative estimate of drug-likeness (QED) is 0.915. The van der Waals surface area contributed by atoms with E-state index in [-0.39, 0.29) is 18.4 Å². The van der Waals surface area contributed by atoms with Gasteiger partial charge >= 0.3 is 5.97 Å². The number of carboxylic acid groups (broad SMARTS) is 1. The molecule has 2 rings (SSSR count). The van der Waals surface area contributed by atoms with Crippen molar-refractivity contribution in [2.75, 3.05) is 7.11 Å². The van der Waals surface area contributed by atoms with E-state index in [2.05, 4.69) is 0 Å². The molecule has 1 saturated heterocycles. The third kappa shape index (κ3) is 2.48. The summed E-state index contributed by atoms with van der Waals surface area (Å²) in [6.45, 7) is 3.80. The Hall–Kier alpha value is -2.04. The van der Waals surface area contributed by atoms with E-state index in [4.69, 9.17) is 4.74 Å². The number of ether oxygens (including phenoxy) is 1. The Morgan fingerprint density at radius 2 is 2.15 bits per heavy atom. The lowest BCUT2D eigenvalue weighted by molar-refractivity contribution is -0.142. The zero-order valence-corrected chi connectivity index (χ0v) is 11.9. The van der Waals surface area contributed by atoms with Crippen LogP contribution in [0.2, 0.25) is 0 Å². The summed E-state index contributed by atoms with van der Waals surface area (Å²) >= 11 is 0. The van der Waals surface area contributed by atoms with Crippen molar-refractivity contribution in [1.29, 1.82) is 0 Å². The van der Waals surface area contributed by atoms with Crippen LogP contribution in [0.5, 0.6) is 5.75 Å². The van der Waals surface area contributed by atoms with Crippen LogP contribution in [0, 0.1) is 5.92 Å². The van der Waals surface area contributed by atoms with Gasteiger partial charge in [-0.05, 0) is 31.5 Å². The molecular weight excluding hydrogens is 258 g/mol. The Bertz CT molecular complexity index is 526. The monoisotopic (exact) mass is 277 g/mol. The van der Waals surface area contributed by atoms with Crippen molar-refractivity contribution in [3.05, 3.63) is 29.8 Å². The van der Waals surface area contributed by atoms with Crippen molar-refractivity contribution in [2.45, 2.75) is 32.4 Å². The smallest absolute Gasteiger partial charge is 0.309 e. The largest absolute Gasteiger partial charge is 0.497 e. The van der Waals surface area contributed by atoms with E-state index in [1.807, 2.05) is 26.0 Å². The van der Waals surface area contributed by atoms with Gasteiger partial charge in [0.05, 0.1) is 19.1 Å². The SMILES string of the molecule is COc1cccc([C@H]2[C@@H](C(=O)O)CC(=O)N2C(C)C)c1. The van der Waals surface area contributed by atoms with Crippen LogP contribution in [0.1, 0.15) is 31.9 Å². The highest BCUT2D eigenvalue weighted by Crippen LogP contribution is 2.40. The molecule has 1 N–H and O–H groups in total. The Morgan fingerprint density at radius 1 is 1.45 bits per heavy atom. The first kappa shape index (κ1) is 14.4. The normalized spacial score (nSPS) is 22.4. The molecule has 0 saturated carbocycles. The number of amides is 1. The number of carboxylic acids is 1. The van der Waals surface area contributed by atoms with Crippen LogP contribution in [-0.4, -0.2) is 35.0 Å². The number of nitrogens with zero attached hydrogens (tertiary/aromatic N) is 1. The average Bonchev–Trinajstić information content (AvgIpc) is 2.76. The molecular formula is C15H19NO4. The standard InChI is InChI=1S/C15H19NO4/c1-9(2)16-13(17)8-12(15(18)19)14(16)10-5-4-6-11(7-10)20-3/h4-7,9,12,14H,8H2,1-3H3,(H,18,19)/t12-,14-/m0/s1. The van der Waals surface area contributed by atoms with E-state index in [9.17, 15) is 14.7 Å². The summed E-state index contributed by atoms with van der Waals surface area (Å²) in [6, 6.07) is 6.79. The minimum Gasteiger partial charge on any atom is -0.497 e. The second-order valence-electron chi connectivity index (χ2n) is 5.27. The molecule has 0 unspecified atom stereocenters. The summed E-state index contributed by atoms with van der Waals surface area (Å²) in [4.78, 5) is 25.2. The lowest BCUT2D eigenvalue weighted by Crippen LogP contribution is -2.36. The number of rotatable bonds is 4. The second-order valence-corrected chi connectivity index (χ2v) is 5.27.